The molecule has 188 valence electrons. The molecule has 1 aliphatic heterocycles. The highest BCUT2D eigenvalue weighted by atomic mass is 32.2. The number of hydrogen-bond donors (Lipinski definition) is 1. The van der Waals surface area contributed by atoms with Gasteiger partial charge in [-0.1, -0.05) is 6.92 Å². The van der Waals surface area contributed by atoms with Gasteiger partial charge in [0.1, 0.15) is 11.9 Å². The Morgan fingerprint density at radius 3 is 2.71 bits per heavy atom. The van der Waals surface area contributed by atoms with Crippen molar-refractivity contribution < 1.29 is 27.4 Å². The number of nitrogens with zero attached hydrogens (tertiary/aromatic N) is 4. The number of amides is 1. The highest BCUT2D eigenvalue weighted by Gasteiger charge is 2.51. The molecule has 3 heterocycles. The zero-order chi connectivity index (χ0) is 25.1. The summed E-state index contributed by atoms with van der Waals surface area (Å²) in [5.41, 5.74) is 0.599. The molecular weight excluding hydrogens is 495 g/mol. The Hall–Kier alpha value is -2.73. The lowest BCUT2D eigenvalue weighted by molar-refractivity contribution is 0.0274. The molecule has 3 atom stereocenters. The van der Waals surface area contributed by atoms with Crippen molar-refractivity contribution >= 4 is 32.2 Å². The van der Waals surface area contributed by atoms with Crippen LogP contribution in [0.5, 0.6) is 5.19 Å². The van der Waals surface area contributed by atoms with Gasteiger partial charge < -0.3 is 14.7 Å². The van der Waals surface area contributed by atoms with E-state index in [0.29, 0.717) is 22.4 Å². The van der Waals surface area contributed by atoms with Crippen molar-refractivity contribution in [2.75, 3.05) is 12.8 Å². The Balaban J connectivity index is 1.30. The van der Waals surface area contributed by atoms with Crippen molar-refractivity contribution in [1.29, 1.82) is 0 Å². The van der Waals surface area contributed by atoms with Crippen LogP contribution in [0.2, 0.25) is 0 Å². The van der Waals surface area contributed by atoms with Crippen LogP contribution < -0.4 is 4.74 Å². The predicted molar refractivity (Wildman–Crippen MR) is 128 cm³/mol. The molecule has 3 unspecified atom stereocenters. The number of rotatable bonds is 6. The first-order chi connectivity index (χ1) is 16.4. The van der Waals surface area contributed by atoms with E-state index in [1.807, 2.05) is 6.92 Å². The fourth-order valence-corrected chi connectivity index (χ4v) is 6.34. The summed E-state index contributed by atoms with van der Waals surface area (Å²) in [6, 6.07) is 3.76. The molecule has 9 nitrogen and oxygen atoms in total. The van der Waals surface area contributed by atoms with Gasteiger partial charge in [-0.25, -0.2) is 27.1 Å². The summed E-state index contributed by atoms with van der Waals surface area (Å²) in [6.45, 7) is 4.65. The lowest BCUT2D eigenvalue weighted by atomic mass is 9.81. The first-order valence-electron chi connectivity index (χ1n) is 11.5. The van der Waals surface area contributed by atoms with Gasteiger partial charge in [0.15, 0.2) is 9.84 Å². The Morgan fingerprint density at radius 2 is 2.11 bits per heavy atom. The van der Waals surface area contributed by atoms with E-state index in [1.165, 1.54) is 28.0 Å². The van der Waals surface area contributed by atoms with E-state index in [1.54, 1.807) is 11.1 Å². The fraction of sp³-hybridized carbons (Fsp3) is 0.522. The fourth-order valence-electron chi connectivity index (χ4n) is 4.89. The smallest absolute Gasteiger partial charge is 0.407 e. The number of carboxylic acid groups (broad SMARTS) is 1. The molecule has 0 bridgehead atoms. The number of hydrogen-bond acceptors (Lipinski definition) is 7. The van der Waals surface area contributed by atoms with E-state index in [2.05, 4.69) is 17.0 Å². The highest BCUT2D eigenvalue weighted by Crippen LogP contribution is 2.53. The van der Waals surface area contributed by atoms with Crippen LogP contribution in [0.4, 0.5) is 9.18 Å². The molecule has 1 aliphatic carbocycles. The monoisotopic (exact) mass is 522 g/mol. The maximum absolute atomic E-state index is 14.6. The largest absolute Gasteiger partial charge is 0.466 e. The summed E-state index contributed by atoms with van der Waals surface area (Å²) < 4.78 is 45.5. The molecule has 1 amide bonds. The average molecular weight is 523 g/mol. The Kier molecular flexibility index (Phi) is 5.78. The summed E-state index contributed by atoms with van der Waals surface area (Å²) in [5.74, 6) is -0.461. The zero-order valence-electron chi connectivity index (χ0n) is 19.6. The van der Waals surface area contributed by atoms with Crippen molar-refractivity contribution in [1.82, 2.24) is 19.5 Å². The molecule has 2 fully saturated rings. The summed E-state index contributed by atoms with van der Waals surface area (Å²) in [7, 11) is -3.50. The highest BCUT2D eigenvalue weighted by molar-refractivity contribution is 7.90. The van der Waals surface area contributed by atoms with E-state index in [9.17, 15) is 22.7 Å². The number of carbonyl (C=O) groups is 1. The van der Waals surface area contributed by atoms with Crippen molar-refractivity contribution in [2.24, 2.45) is 11.3 Å². The van der Waals surface area contributed by atoms with E-state index < -0.39 is 21.7 Å². The molecule has 0 radical (unpaired) electrons. The maximum atomic E-state index is 14.6. The maximum Gasteiger partial charge on any atom is 0.407 e. The normalized spacial score (nSPS) is 22.8. The molecule has 0 spiro atoms. The topological polar surface area (TPSA) is 114 Å². The molecular formula is C23H27FN4O5S2. The van der Waals surface area contributed by atoms with Crippen LogP contribution in [-0.2, 0) is 9.84 Å². The third-order valence-electron chi connectivity index (χ3n) is 7.35. The lowest BCUT2D eigenvalue weighted by Gasteiger charge is -2.42. The third kappa shape index (κ3) is 4.61. The minimum absolute atomic E-state index is 0.00458. The van der Waals surface area contributed by atoms with E-state index >= 15 is 0 Å². The van der Waals surface area contributed by atoms with Gasteiger partial charge in [0.2, 0.25) is 4.96 Å². The molecule has 35 heavy (non-hydrogen) atoms. The lowest BCUT2D eigenvalue weighted by Crippen LogP contribution is -2.51. The van der Waals surface area contributed by atoms with Gasteiger partial charge in [0, 0.05) is 24.4 Å². The van der Waals surface area contributed by atoms with Crippen molar-refractivity contribution in [3.05, 3.63) is 30.2 Å². The molecule has 1 aromatic carbocycles. The minimum atomic E-state index is -3.50. The van der Waals surface area contributed by atoms with Gasteiger partial charge in [0.25, 0.3) is 5.19 Å². The molecule has 2 aliphatic rings. The molecule has 3 aromatic rings. The van der Waals surface area contributed by atoms with Crippen LogP contribution in [0.1, 0.15) is 39.5 Å². The first kappa shape index (κ1) is 24.0. The minimum Gasteiger partial charge on any atom is -0.466 e. The summed E-state index contributed by atoms with van der Waals surface area (Å²) >= 11 is 1.24. The number of ether oxygens (including phenoxy) is 1. The molecule has 12 heteroatoms. The number of imidazole rings is 1. The van der Waals surface area contributed by atoms with Crippen molar-refractivity contribution in [2.45, 2.75) is 56.6 Å². The number of piperidine rings is 1. The summed E-state index contributed by atoms with van der Waals surface area (Å²) in [6.07, 6.45) is 5.20. The van der Waals surface area contributed by atoms with Gasteiger partial charge in [-0.2, -0.15) is 0 Å². The molecule has 2 aromatic heterocycles. The van der Waals surface area contributed by atoms with Gasteiger partial charge in [-0.05, 0) is 73.5 Å². The number of sulfone groups is 1. The number of benzene rings is 1. The number of aromatic nitrogens is 3. The molecule has 1 saturated heterocycles. The van der Waals surface area contributed by atoms with Crippen LogP contribution in [0, 0.1) is 17.2 Å². The quantitative estimate of drug-likeness (QED) is 0.513. The molecule has 5 rings (SSSR count). The van der Waals surface area contributed by atoms with Gasteiger partial charge in [-0.15, -0.1) is 5.10 Å². The predicted octanol–water partition coefficient (Wildman–Crippen LogP) is 4.33. The van der Waals surface area contributed by atoms with Crippen LogP contribution in [0.25, 0.3) is 16.2 Å². The van der Waals surface area contributed by atoms with E-state index in [4.69, 9.17) is 4.74 Å². The standard InChI is InChI=1S/C23H27FN4O5S2/c1-13(14-6-9-27(22(29)30)19(10-14)23(2)7-8-23)33-21-26-28-12-18(25-20(28)34-21)16-5-4-15(11-17(16)24)35(3,31)32/h4-5,11-14,19H,6-10H2,1-3H3,(H,29,30). The zero-order valence-corrected chi connectivity index (χ0v) is 21.3. The Morgan fingerprint density at radius 1 is 1.37 bits per heavy atom. The second kappa shape index (κ2) is 8.44. The van der Waals surface area contributed by atoms with Crippen LogP contribution >= 0.6 is 11.3 Å². The van der Waals surface area contributed by atoms with Crippen molar-refractivity contribution in [3.8, 4) is 16.5 Å². The SMILES string of the molecule is CC(Oc1nn2cc(-c3ccc(S(C)(=O)=O)cc3F)nc2s1)C1CCN(C(=O)O)C(C2(C)CC2)C1. The van der Waals surface area contributed by atoms with Gasteiger partial charge >= 0.3 is 6.09 Å². The second-order valence-corrected chi connectivity index (χ2v) is 12.8. The Bertz CT molecular complexity index is 1370. The molecule has 1 N–H and O–H groups in total. The summed E-state index contributed by atoms with van der Waals surface area (Å²) in [4.78, 5) is 18.2. The Labute approximate surface area is 206 Å². The number of halogens is 1. The average Bonchev–Trinajstić information content (AvgIpc) is 3.25. The van der Waals surface area contributed by atoms with Crippen LogP contribution in [0.15, 0.2) is 29.3 Å². The first-order valence-corrected chi connectivity index (χ1v) is 14.2. The van der Waals surface area contributed by atoms with Crippen molar-refractivity contribution in [3.63, 3.8) is 0 Å². The van der Waals surface area contributed by atoms with E-state index in [0.717, 1.165) is 38.0 Å². The van der Waals surface area contributed by atoms with E-state index in [-0.39, 0.29) is 33.9 Å². The second-order valence-electron chi connectivity index (χ2n) is 9.89. The van der Waals surface area contributed by atoms with Gasteiger partial charge in [0.05, 0.1) is 16.8 Å². The number of fused-ring (bicyclic) bond motifs is 1. The number of likely N-dealkylation sites (tertiary alicyclic amines) is 1. The van der Waals surface area contributed by atoms with Gasteiger partial charge in [-0.3, -0.25) is 0 Å². The third-order valence-corrected chi connectivity index (χ3v) is 9.28. The summed E-state index contributed by atoms with van der Waals surface area (Å²) in [5, 5.41) is 14.5. The molecule has 1 saturated carbocycles. The van der Waals surface area contributed by atoms with Crippen LogP contribution in [0.3, 0.4) is 0 Å². The van der Waals surface area contributed by atoms with Crippen LogP contribution in [-0.4, -0.2) is 64.1 Å².